The fourth-order valence-corrected chi connectivity index (χ4v) is 4.48. The molecule has 1 aliphatic heterocycles. The van der Waals surface area contributed by atoms with Crippen molar-refractivity contribution in [1.82, 2.24) is 9.47 Å². The van der Waals surface area contributed by atoms with Crippen LogP contribution in [0.2, 0.25) is 0 Å². The van der Waals surface area contributed by atoms with Crippen molar-refractivity contribution < 1.29 is 19.1 Å². The summed E-state index contributed by atoms with van der Waals surface area (Å²) >= 11 is 0.998. The monoisotopic (exact) mass is 454 g/mol. The molecule has 2 heterocycles. The lowest BCUT2D eigenvalue weighted by atomic mass is 10.2. The van der Waals surface area contributed by atoms with Crippen molar-refractivity contribution in [3.63, 3.8) is 0 Å². The van der Waals surface area contributed by atoms with Crippen molar-refractivity contribution in [3.8, 4) is 5.69 Å². The Morgan fingerprint density at radius 2 is 1.75 bits per heavy atom. The lowest BCUT2D eigenvalue weighted by molar-refractivity contribution is -0.122. The van der Waals surface area contributed by atoms with Gasteiger partial charge >= 0.3 is 5.97 Å². The Labute approximate surface area is 193 Å². The third-order valence-electron chi connectivity index (χ3n) is 5.46. The fraction of sp³-hybridized carbons (Fsp3) is 0.400. The number of hydrogen-bond donors (Lipinski definition) is 0. The highest BCUT2D eigenvalue weighted by atomic mass is 32.2. The molecule has 0 unspecified atom stereocenters. The average Bonchev–Trinajstić information content (AvgIpc) is 3.20. The molecule has 0 radical (unpaired) electrons. The Hall–Kier alpha value is -2.80. The van der Waals surface area contributed by atoms with Crippen LogP contribution in [-0.4, -0.2) is 39.7 Å². The van der Waals surface area contributed by atoms with Crippen LogP contribution in [0.5, 0.6) is 0 Å². The first kappa shape index (κ1) is 23.9. The van der Waals surface area contributed by atoms with Gasteiger partial charge in [0, 0.05) is 23.6 Å². The van der Waals surface area contributed by atoms with Crippen molar-refractivity contribution in [2.45, 2.75) is 53.4 Å². The van der Waals surface area contributed by atoms with Crippen molar-refractivity contribution in [2.75, 3.05) is 13.2 Å². The number of nitrogens with zero attached hydrogens (tertiary/aromatic N) is 2. The van der Waals surface area contributed by atoms with Gasteiger partial charge in [-0.2, -0.15) is 0 Å². The molecule has 0 N–H and O–H groups in total. The smallest absolute Gasteiger partial charge is 0.338 e. The van der Waals surface area contributed by atoms with E-state index in [4.69, 9.17) is 4.74 Å². The van der Waals surface area contributed by atoms with Crippen molar-refractivity contribution >= 4 is 35.0 Å². The first-order chi connectivity index (χ1) is 15.4. The summed E-state index contributed by atoms with van der Waals surface area (Å²) in [6, 6.07) is 9.31. The first-order valence-corrected chi connectivity index (χ1v) is 11.9. The summed E-state index contributed by atoms with van der Waals surface area (Å²) in [7, 11) is 0. The van der Waals surface area contributed by atoms with E-state index in [0.29, 0.717) is 23.6 Å². The Morgan fingerprint density at radius 1 is 1.06 bits per heavy atom. The molecule has 2 amide bonds. The number of esters is 1. The van der Waals surface area contributed by atoms with Gasteiger partial charge in [-0.25, -0.2) is 4.79 Å². The van der Waals surface area contributed by atoms with E-state index in [0.717, 1.165) is 60.1 Å². The quantitative estimate of drug-likeness (QED) is 0.269. The molecular formula is C25H30N2O4S. The number of aromatic nitrogens is 1. The average molecular weight is 455 g/mol. The molecule has 7 heteroatoms. The maximum atomic E-state index is 12.7. The van der Waals surface area contributed by atoms with E-state index in [1.807, 2.05) is 39.0 Å². The first-order valence-electron chi connectivity index (χ1n) is 11.1. The van der Waals surface area contributed by atoms with Gasteiger partial charge in [0.15, 0.2) is 0 Å². The molecule has 1 fully saturated rings. The number of imide groups is 1. The van der Waals surface area contributed by atoms with Gasteiger partial charge in [-0.05, 0) is 80.4 Å². The van der Waals surface area contributed by atoms with Gasteiger partial charge < -0.3 is 9.30 Å². The lowest BCUT2D eigenvalue weighted by Gasteiger charge is -2.11. The predicted molar refractivity (Wildman–Crippen MR) is 128 cm³/mol. The molecule has 0 saturated carbocycles. The van der Waals surface area contributed by atoms with Gasteiger partial charge in [0.2, 0.25) is 0 Å². The van der Waals surface area contributed by atoms with Crippen molar-refractivity contribution in [3.05, 3.63) is 57.8 Å². The van der Waals surface area contributed by atoms with Gasteiger partial charge in [-0.15, -0.1) is 0 Å². The number of thioether (sulfide) groups is 1. The standard InChI is InChI=1S/C25H30N2O4S/c1-5-7-13-26-23(28)22(32-25(26)30)16-20-15-17(3)27(18(20)4)21-11-9-19(10-12-21)24(29)31-14-8-6-2/h9-12,15-16H,5-8,13-14H2,1-4H3/b22-16-. The number of amides is 2. The zero-order valence-electron chi connectivity index (χ0n) is 19.1. The number of aryl methyl sites for hydroxylation is 1. The van der Waals surface area contributed by atoms with Crippen molar-refractivity contribution in [2.24, 2.45) is 0 Å². The Balaban J connectivity index is 1.81. The van der Waals surface area contributed by atoms with E-state index in [1.54, 1.807) is 18.2 Å². The molecule has 1 aliphatic rings. The van der Waals surface area contributed by atoms with Crippen LogP contribution in [0.1, 0.15) is 66.8 Å². The van der Waals surface area contributed by atoms with E-state index >= 15 is 0 Å². The van der Waals surface area contributed by atoms with Gasteiger partial charge in [0.25, 0.3) is 11.1 Å². The Kier molecular flexibility index (Phi) is 7.96. The Morgan fingerprint density at radius 3 is 2.41 bits per heavy atom. The summed E-state index contributed by atoms with van der Waals surface area (Å²) in [5, 5.41) is -0.204. The molecule has 0 aliphatic carbocycles. The number of ether oxygens (including phenoxy) is 1. The summed E-state index contributed by atoms with van der Waals surface area (Å²) in [5.74, 6) is -0.533. The number of carbonyl (C=O) groups excluding carboxylic acids is 3. The van der Waals surface area contributed by atoms with Crippen LogP contribution in [-0.2, 0) is 9.53 Å². The highest BCUT2D eigenvalue weighted by molar-refractivity contribution is 8.18. The molecule has 0 atom stereocenters. The van der Waals surface area contributed by atoms with Crippen LogP contribution < -0.4 is 0 Å². The summed E-state index contributed by atoms with van der Waals surface area (Å²) < 4.78 is 7.34. The topological polar surface area (TPSA) is 68.6 Å². The third-order valence-corrected chi connectivity index (χ3v) is 6.37. The van der Waals surface area contributed by atoms with Gasteiger partial charge in [0.1, 0.15) is 0 Å². The highest BCUT2D eigenvalue weighted by Gasteiger charge is 2.34. The highest BCUT2D eigenvalue weighted by Crippen LogP contribution is 2.34. The predicted octanol–water partition coefficient (Wildman–Crippen LogP) is 5.89. The van der Waals surface area contributed by atoms with E-state index in [-0.39, 0.29) is 17.1 Å². The van der Waals surface area contributed by atoms with Gasteiger partial charge in [0.05, 0.1) is 17.1 Å². The van der Waals surface area contributed by atoms with Crippen LogP contribution >= 0.6 is 11.8 Å². The molecule has 2 aromatic rings. The van der Waals surface area contributed by atoms with Crippen molar-refractivity contribution in [1.29, 1.82) is 0 Å². The maximum Gasteiger partial charge on any atom is 0.338 e. The fourth-order valence-electron chi connectivity index (χ4n) is 3.62. The van der Waals surface area contributed by atoms with Crippen LogP contribution in [0.4, 0.5) is 4.79 Å². The zero-order valence-corrected chi connectivity index (χ0v) is 20.0. The lowest BCUT2D eigenvalue weighted by Crippen LogP contribution is -2.29. The third kappa shape index (κ3) is 5.15. The minimum absolute atomic E-state index is 0.204. The summed E-state index contributed by atoms with van der Waals surface area (Å²) in [6.45, 7) is 8.95. The van der Waals surface area contributed by atoms with Gasteiger partial charge in [-0.1, -0.05) is 26.7 Å². The molecule has 0 bridgehead atoms. The molecule has 170 valence electrons. The molecule has 1 aromatic carbocycles. The second kappa shape index (κ2) is 10.7. The molecular weight excluding hydrogens is 424 g/mol. The Bertz CT molecular complexity index is 1040. The van der Waals surface area contributed by atoms with E-state index in [1.165, 1.54) is 4.90 Å². The second-order valence-electron chi connectivity index (χ2n) is 7.89. The molecule has 32 heavy (non-hydrogen) atoms. The normalized spacial score (nSPS) is 15.1. The largest absolute Gasteiger partial charge is 0.462 e. The molecule has 1 saturated heterocycles. The molecule has 6 nitrogen and oxygen atoms in total. The number of hydrogen-bond acceptors (Lipinski definition) is 5. The minimum atomic E-state index is -0.314. The SMILES string of the molecule is CCCCOC(=O)c1ccc(-n2c(C)cc(/C=C3\SC(=O)N(CCCC)C3=O)c2C)cc1. The summed E-state index contributed by atoms with van der Waals surface area (Å²) in [6.07, 6.45) is 5.37. The number of carbonyl (C=O) groups is 3. The van der Waals surface area contributed by atoms with Crippen LogP contribution in [0.3, 0.4) is 0 Å². The number of benzene rings is 1. The number of rotatable bonds is 9. The summed E-state index contributed by atoms with van der Waals surface area (Å²) in [4.78, 5) is 38.8. The van der Waals surface area contributed by atoms with E-state index in [2.05, 4.69) is 11.5 Å². The zero-order chi connectivity index (χ0) is 23.3. The van der Waals surface area contributed by atoms with E-state index in [9.17, 15) is 14.4 Å². The van der Waals surface area contributed by atoms with Crippen LogP contribution in [0, 0.1) is 13.8 Å². The second-order valence-corrected chi connectivity index (χ2v) is 8.88. The minimum Gasteiger partial charge on any atom is -0.462 e. The summed E-state index contributed by atoms with van der Waals surface area (Å²) in [5.41, 5.74) is 4.29. The van der Waals surface area contributed by atoms with Crippen LogP contribution in [0.15, 0.2) is 35.2 Å². The molecule has 0 spiro atoms. The molecule has 1 aromatic heterocycles. The van der Waals surface area contributed by atoms with E-state index < -0.39 is 0 Å². The maximum absolute atomic E-state index is 12.7. The molecule has 3 rings (SSSR count). The van der Waals surface area contributed by atoms with Gasteiger partial charge in [-0.3, -0.25) is 14.5 Å². The number of unbranched alkanes of at least 4 members (excludes halogenated alkanes) is 2. The van der Waals surface area contributed by atoms with Crippen LogP contribution in [0.25, 0.3) is 11.8 Å².